The third-order valence-electron chi connectivity index (χ3n) is 3.88. The number of hydrogen-bond acceptors (Lipinski definition) is 0. The molecule has 0 heterocycles. The molecule has 0 bridgehead atoms. The highest BCUT2D eigenvalue weighted by atomic mass is 14.0. The molecule has 0 fully saturated rings. The first-order valence-electron chi connectivity index (χ1n) is 8.12. The molecule has 0 heteroatoms. The molecule has 110 valence electrons. The van der Waals surface area contributed by atoms with Gasteiger partial charge in [-0.25, -0.2) is 0 Å². The minimum Gasteiger partial charge on any atom is -0.0888 e. The normalized spacial score (nSPS) is 12.4. The van der Waals surface area contributed by atoms with E-state index in [1.54, 1.807) is 0 Å². The first-order valence-corrected chi connectivity index (χ1v) is 8.12. The van der Waals surface area contributed by atoms with Crippen LogP contribution in [-0.4, -0.2) is 0 Å². The highest BCUT2D eigenvalue weighted by Gasteiger charge is 1.98. The fourth-order valence-corrected chi connectivity index (χ4v) is 2.56. The van der Waals surface area contributed by atoms with Gasteiger partial charge in [0.15, 0.2) is 0 Å². The number of fused-ring (bicyclic) bond motifs is 1. The van der Waals surface area contributed by atoms with Crippen LogP contribution in [0.4, 0.5) is 0 Å². The molecule has 2 aromatic carbocycles. The first-order chi connectivity index (χ1) is 10.3. The molecule has 0 radical (unpaired) electrons. The molecule has 0 spiro atoms. The highest BCUT2D eigenvalue weighted by molar-refractivity contribution is 5.86. The van der Waals surface area contributed by atoms with Crippen LogP contribution in [0.3, 0.4) is 0 Å². The average Bonchev–Trinajstić information content (AvgIpc) is 2.53. The Morgan fingerprint density at radius 3 is 2.48 bits per heavy atom. The minimum absolute atomic E-state index is 1.15. The summed E-state index contributed by atoms with van der Waals surface area (Å²) in [7, 11) is 0. The molecule has 0 nitrogen and oxygen atoms in total. The molecule has 2 aromatic rings. The summed E-state index contributed by atoms with van der Waals surface area (Å²) in [6, 6.07) is 15.3. The van der Waals surface area contributed by atoms with E-state index in [4.69, 9.17) is 0 Å². The van der Waals surface area contributed by atoms with Crippen LogP contribution in [0.5, 0.6) is 0 Å². The summed E-state index contributed by atoms with van der Waals surface area (Å²) >= 11 is 0. The van der Waals surface area contributed by atoms with Gasteiger partial charge in [-0.15, -0.1) is 0 Å². The number of unbranched alkanes of at least 4 members (excludes halogenated alkanes) is 3. The van der Waals surface area contributed by atoms with Gasteiger partial charge in [0.2, 0.25) is 0 Å². The lowest BCUT2D eigenvalue weighted by Crippen LogP contribution is -1.82. The van der Waals surface area contributed by atoms with Crippen molar-refractivity contribution in [1.82, 2.24) is 0 Å². The van der Waals surface area contributed by atoms with Crippen LogP contribution in [0, 0.1) is 0 Å². The standard InChI is InChI=1S/C21H26/c1-3-4-5-6-7-8-9-12-18(2)20-16-15-19-13-10-11-14-21(19)17-20/h4-5,10-17H,3,6-9H2,1-2H3/b5-4-,18-12-. The van der Waals surface area contributed by atoms with Gasteiger partial charge in [0.25, 0.3) is 0 Å². The summed E-state index contributed by atoms with van der Waals surface area (Å²) in [4.78, 5) is 0. The van der Waals surface area contributed by atoms with Gasteiger partial charge in [0.05, 0.1) is 0 Å². The maximum atomic E-state index is 2.38. The number of allylic oxidation sites excluding steroid dienone is 4. The van der Waals surface area contributed by atoms with E-state index in [9.17, 15) is 0 Å². The molecule has 0 saturated carbocycles. The van der Waals surface area contributed by atoms with Crippen LogP contribution in [0.25, 0.3) is 16.3 Å². The lowest BCUT2D eigenvalue weighted by Gasteiger charge is -2.04. The van der Waals surface area contributed by atoms with Crippen LogP contribution >= 0.6 is 0 Å². The monoisotopic (exact) mass is 278 g/mol. The number of hydrogen-bond donors (Lipinski definition) is 0. The predicted molar refractivity (Wildman–Crippen MR) is 95.5 cm³/mol. The van der Waals surface area contributed by atoms with Gasteiger partial charge in [-0.1, -0.05) is 61.5 Å². The molecule has 0 atom stereocenters. The molecular weight excluding hydrogens is 252 g/mol. The molecule has 0 aliphatic carbocycles. The van der Waals surface area contributed by atoms with Crippen molar-refractivity contribution in [3.8, 4) is 0 Å². The van der Waals surface area contributed by atoms with E-state index < -0.39 is 0 Å². The molecular formula is C21H26. The predicted octanol–water partition coefficient (Wildman–Crippen LogP) is 6.77. The average molecular weight is 278 g/mol. The molecule has 0 aliphatic rings. The van der Waals surface area contributed by atoms with E-state index in [0.717, 1.165) is 6.42 Å². The Morgan fingerprint density at radius 2 is 1.67 bits per heavy atom. The van der Waals surface area contributed by atoms with Crippen LogP contribution in [0.2, 0.25) is 0 Å². The summed E-state index contributed by atoms with van der Waals surface area (Å²) in [5, 5.41) is 2.64. The van der Waals surface area contributed by atoms with Crippen molar-refractivity contribution in [2.24, 2.45) is 0 Å². The Morgan fingerprint density at radius 1 is 0.905 bits per heavy atom. The summed E-state index contributed by atoms with van der Waals surface area (Å²) in [6.07, 6.45) is 13.1. The van der Waals surface area contributed by atoms with E-state index in [-0.39, 0.29) is 0 Å². The van der Waals surface area contributed by atoms with Gasteiger partial charge in [-0.3, -0.25) is 0 Å². The maximum Gasteiger partial charge on any atom is -0.0178 e. The van der Waals surface area contributed by atoms with Gasteiger partial charge in [0.1, 0.15) is 0 Å². The van der Waals surface area contributed by atoms with Gasteiger partial charge < -0.3 is 0 Å². The van der Waals surface area contributed by atoms with Crippen LogP contribution < -0.4 is 0 Å². The van der Waals surface area contributed by atoms with Crippen molar-refractivity contribution in [3.63, 3.8) is 0 Å². The van der Waals surface area contributed by atoms with Crippen LogP contribution in [-0.2, 0) is 0 Å². The van der Waals surface area contributed by atoms with Crippen molar-refractivity contribution in [2.45, 2.75) is 46.0 Å². The zero-order valence-electron chi connectivity index (χ0n) is 13.3. The number of benzene rings is 2. The fraction of sp³-hybridized carbons (Fsp3) is 0.333. The van der Waals surface area contributed by atoms with E-state index >= 15 is 0 Å². The van der Waals surface area contributed by atoms with Crippen molar-refractivity contribution < 1.29 is 0 Å². The fourth-order valence-electron chi connectivity index (χ4n) is 2.56. The van der Waals surface area contributed by atoms with Crippen molar-refractivity contribution in [2.75, 3.05) is 0 Å². The Labute approximate surface area is 129 Å². The zero-order valence-corrected chi connectivity index (χ0v) is 13.3. The summed E-state index contributed by atoms with van der Waals surface area (Å²) in [5.74, 6) is 0. The quantitative estimate of drug-likeness (QED) is 0.387. The van der Waals surface area contributed by atoms with Gasteiger partial charge in [0, 0.05) is 0 Å². The summed E-state index contributed by atoms with van der Waals surface area (Å²) in [6.45, 7) is 4.41. The third kappa shape index (κ3) is 4.90. The second-order valence-electron chi connectivity index (χ2n) is 5.61. The third-order valence-corrected chi connectivity index (χ3v) is 3.88. The second kappa shape index (κ2) is 8.46. The molecule has 21 heavy (non-hydrogen) atoms. The SMILES string of the molecule is CC/C=C\CCCC/C=C(/C)c1ccc2ccccc2c1. The van der Waals surface area contributed by atoms with Gasteiger partial charge in [-0.2, -0.15) is 0 Å². The van der Waals surface area contributed by atoms with Gasteiger partial charge >= 0.3 is 0 Å². The molecule has 0 aromatic heterocycles. The Balaban J connectivity index is 1.90. The van der Waals surface area contributed by atoms with Crippen molar-refractivity contribution in [3.05, 3.63) is 66.3 Å². The largest absolute Gasteiger partial charge is 0.0888 e. The smallest absolute Gasteiger partial charge is 0.0178 e. The Bertz CT molecular complexity index is 617. The van der Waals surface area contributed by atoms with Crippen LogP contribution in [0.15, 0.2) is 60.7 Å². The van der Waals surface area contributed by atoms with Crippen LogP contribution in [0.1, 0.15) is 51.5 Å². The minimum atomic E-state index is 1.15. The maximum absolute atomic E-state index is 2.38. The first kappa shape index (κ1) is 15.6. The molecule has 0 amide bonds. The van der Waals surface area contributed by atoms with Crippen molar-refractivity contribution >= 4 is 16.3 Å². The summed E-state index contributed by atoms with van der Waals surface area (Å²) < 4.78 is 0. The van der Waals surface area contributed by atoms with Gasteiger partial charge in [-0.05, 0) is 67.0 Å². The molecule has 0 aliphatic heterocycles. The van der Waals surface area contributed by atoms with E-state index in [0.29, 0.717) is 0 Å². The lowest BCUT2D eigenvalue weighted by molar-refractivity contribution is 0.761. The zero-order chi connectivity index (χ0) is 14.9. The Kier molecular flexibility index (Phi) is 6.27. The molecule has 0 N–H and O–H groups in total. The highest BCUT2D eigenvalue weighted by Crippen LogP contribution is 2.21. The van der Waals surface area contributed by atoms with E-state index in [1.807, 2.05) is 0 Å². The molecule has 2 rings (SSSR count). The van der Waals surface area contributed by atoms with E-state index in [2.05, 4.69) is 74.5 Å². The molecule has 0 unspecified atom stereocenters. The lowest BCUT2D eigenvalue weighted by atomic mass is 10.0. The molecule has 0 saturated heterocycles. The Hall–Kier alpha value is -1.82. The van der Waals surface area contributed by atoms with Crippen molar-refractivity contribution in [1.29, 1.82) is 0 Å². The number of rotatable bonds is 7. The van der Waals surface area contributed by atoms with E-state index in [1.165, 1.54) is 47.6 Å². The second-order valence-corrected chi connectivity index (χ2v) is 5.61. The summed E-state index contributed by atoms with van der Waals surface area (Å²) in [5.41, 5.74) is 2.74. The topological polar surface area (TPSA) is 0 Å².